The molecule has 0 unspecified atom stereocenters. The minimum atomic E-state index is -3.65. The Hall–Kier alpha value is -2.45. The van der Waals surface area contributed by atoms with Gasteiger partial charge in [-0.25, -0.2) is 12.8 Å². The predicted octanol–water partition coefficient (Wildman–Crippen LogP) is 3.16. The third kappa shape index (κ3) is 4.13. The number of carbonyl (C=O) groups is 1. The largest absolute Gasteiger partial charge is 0.496 e. The summed E-state index contributed by atoms with van der Waals surface area (Å²) in [7, 11) is -2.09. The van der Waals surface area contributed by atoms with Crippen LogP contribution in [0.15, 0.2) is 35.2 Å². The number of hydrogen-bond acceptors (Lipinski definition) is 5. The van der Waals surface area contributed by atoms with Crippen molar-refractivity contribution in [2.45, 2.75) is 25.7 Å². The summed E-state index contributed by atoms with van der Waals surface area (Å²) in [5.41, 5.74) is 2.22. The predicted molar refractivity (Wildman–Crippen MR) is 110 cm³/mol. The van der Waals surface area contributed by atoms with Gasteiger partial charge in [-0.05, 0) is 62.2 Å². The third-order valence-corrected chi connectivity index (χ3v) is 7.09. The quantitative estimate of drug-likeness (QED) is 0.695. The number of carbonyl (C=O) groups excluding carboxylic acids is 1. The highest BCUT2D eigenvalue weighted by Crippen LogP contribution is 2.29. The molecule has 2 aromatic rings. The van der Waals surface area contributed by atoms with Crippen molar-refractivity contribution < 1.29 is 22.3 Å². The molecule has 156 valence electrons. The van der Waals surface area contributed by atoms with Crippen molar-refractivity contribution in [3.05, 3.63) is 52.8 Å². The number of hydrogen-bond donors (Lipinski definition) is 0. The first kappa shape index (κ1) is 21.3. The minimum absolute atomic E-state index is 0.198. The van der Waals surface area contributed by atoms with Crippen LogP contribution in [0.1, 0.15) is 28.4 Å². The highest BCUT2D eigenvalue weighted by molar-refractivity contribution is 7.89. The molecule has 2 aromatic carbocycles. The first-order chi connectivity index (χ1) is 13.6. The third-order valence-electron chi connectivity index (χ3n) is 5.21. The summed E-state index contributed by atoms with van der Waals surface area (Å²) < 4.78 is 47.3. The van der Waals surface area contributed by atoms with Gasteiger partial charge >= 0.3 is 0 Å². The number of anilines is 1. The molecule has 0 N–H and O–H groups in total. The topological polar surface area (TPSA) is 66.9 Å². The number of halogens is 1. The Morgan fingerprint density at radius 3 is 2.10 bits per heavy atom. The van der Waals surface area contributed by atoms with Gasteiger partial charge in [-0.2, -0.15) is 4.31 Å². The fraction of sp³-hybridized carbons (Fsp3) is 0.381. The standard InChI is InChI=1S/C21H25FN2O4S/c1-14-11-18(12-15(2)21(14)28-4)29(26,27)24-9-7-23(8-10-24)20-6-5-17(16(3)25)13-19(20)22/h5-6,11-13H,7-10H2,1-4H3. The Balaban J connectivity index is 1.77. The van der Waals surface area contributed by atoms with Gasteiger partial charge in [0.2, 0.25) is 10.0 Å². The van der Waals surface area contributed by atoms with Gasteiger partial charge in [0.15, 0.2) is 5.78 Å². The molecule has 6 nitrogen and oxygen atoms in total. The van der Waals surface area contributed by atoms with Crippen LogP contribution in [0.4, 0.5) is 10.1 Å². The molecule has 0 saturated carbocycles. The fourth-order valence-corrected chi connectivity index (χ4v) is 5.28. The smallest absolute Gasteiger partial charge is 0.243 e. The van der Waals surface area contributed by atoms with E-state index in [9.17, 15) is 17.6 Å². The van der Waals surface area contributed by atoms with Crippen LogP contribution in [0.5, 0.6) is 5.75 Å². The molecule has 0 spiro atoms. The molecule has 0 amide bonds. The Morgan fingerprint density at radius 2 is 1.62 bits per heavy atom. The first-order valence-electron chi connectivity index (χ1n) is 9.36. The van der Waals surface area contributed by atoms with Crippen LogP contribution >= 0.6 is 0 Å². The summed E-state index contributed by atoms with van der Waals surface area (Å²) in [5.74, 6) is 0.00473. The molecular formula is C21H25FN2O4S. The zero-order chi connectivity index (χ0) is 21.3. The van der Waals surface area contributed by atoms with E-state index in [1.165, 1.54) is 17.3 Å². The van der Waals surface area contributed by atoms with Crippen molar-refractivity contribution in [1.82, 2.24) is 4.31 Å². The van der Waals surface area contributed by atoms with Gasteiger partial charge in [0.05, 0.1) is 17.7 Å². The van der Waals surface area contributed by atoms with Crippen molar-refractivity contribution in [2.24, 2.45) is 0 Å². The van der Waals surface area contributed by atoms with Crippen molar-refractivity contribution in [1.29, 1.82) is 0 Å². The summed E-state index contributed by atoms with van der Waals surface area (Å²) in [6.45, 7) is 6.25. The molecule has 0 atom stereocenters. The number of ether oxygens (including phenoxy) is 1. The molecule has 8 heteroatoms. The minimum Gasteiger partial charge on any atom is -0.496 e. The van der Waals surface area contributed by atoms with Gasteiger partial charge in [0.1, 0.15) is 11.6 Å². The van der Waals surface area contributed by atoms with Crippen molar-refractivity contribution >= 4 is 21.5 Å². The van der Waals surface area contributed by atoms with Crippen LogP contribution in [-0.2, 0) is 10.0 Å². The lowest BCUT2D eigenvalue weighted by molar-refractivity contribution is 0.101. The molecule has 1 aliphatic rings. The van der Waals surface area contributed by atoms with Crippen LogP contribution in [0.25, 0.3) is 0 Å². The average Bonchev–Trinajstić information content (AvgIpc) is 2.67. The van der Waals surface area contributed by atoms with E-state index in [0.29, 0.717) is 30.1 Å². The maximum atomic E-state index is 14.4. The second-order valence-corrected chi connectivity index (χ2v) is 9.14. The molecule has 1 heterocycles. The number of Topliss-reactive ketones (excluding diaryl/α,β-unsaturated/α-hetero) is 1. The molecule has 0 bridgehead atoms. The number of ketones is 1. The van der Waals surface area contributed by atoms with Gasteiger partial charge in [-0.3, -0.25) is 4.79 Å². The molecule has 3 rings (SSSR count). The number of sulfonamides is 1. The molecular weight excluding hydrogens is 395 g/mol. The normalized spacial score (nSPS) is 15.4. The maximum absolute atomic E-state index is 14.4. The van der Waals surface area contributed by atoms with Crippen molar-refractivity contribution in [3.63, 3.8) is 0 Å². The van der Waals surface area contributed by atoms with E-state index >= 15 is 0 Å². The second kappa shape index (κ2) is 8.12. The Kier molecular flexibility index (Phi) is 5.95. The average molecular weight is 421 g/mol. The monoisotopic (exact) mass is 420 g/mol. The number of nitrogens with zero attached hydrogens (tertiary/aromatic N) is 2. The van der Waals surface area contributed by atoms with Crippen molar-refractivity contribution in [2.75, 3.05) is 38.2 Å². The van der Waals surface area contributed by atoms with Crippen molar-refractivity contribution in [3.8, 4) is 5.75 Å². The lowest BCUT2D eigenvalue weighted by Crippen LogP contribution is -2.49. The maximum Gasteiger partial charge on any atom is 0.243 e. The van der Waals surface area contributed by atoms with E-state index in [2.05, 4.69) is 0 Å². The Labute approximate surface area is 170 Å². The number of methoxy groups -OCH3 is 1. The molecule has 29 heavy (non-hydrogen) atoms. The fourth-order valence-electron chi connectivity index (χ4n) is 3.68. The Bertz CT molecular complexity index is 1020. The molecule has 1 fully saturated rings. The number of rotatable bonds is 5. The van der Waals surface area contributed by atoms with Gasteiger partial charge < -0.3 is 9.64 Å². The number of aryl methyl sites for hydroxylation is 2. The van der Waals surface area contributed by atoms with E-state index in [1.807, 2.05) is 13.8 Å². The van der Waals surface area contributed by atoms with Crippen LogP contribution < -0.4 is 9.64 Å². The lowest BCUT2D eigenvalue weighted by Gasteiger charge is -2.35. The molecule has 0 aliphatic carbocycles. The highest BCUT2D eigenvalue weighted by Gasteiger charge is 2.30. The van der Waals surface area contributed by atoms with Crippen LogP contribution in [0, 0.1) is 19.7 Å². The summed E-state index contributed by atoms with van der Waals surface area (Å²) >= 11 is 0. The second-order valence-electron chi connectivity index (χ2n) is 7.20. The number of piperazine rings is 1. The summed E-state index contributed by atoms with van der Waals surface area (Å²) in [6.07, 6.45) is 0. The summed E-state index contributed by atoms with van der Waals surface area (Å²) in [5, 5.41) is 0. The van der Waals surface area contributed by atoms with E-state index in [0.717, 1.165) is 11.1 Å². The zero-order valence-corrected chi connectivity index (χ0v) is 17.8. The van der Waals surface area contributed by atoms with Crippen LogP contribution in [-0.4, -0.2) is 51.8 Å². The van der Waals surface area contributed by atoms with Gasteiger partial charge in [-0.15, -0.1) is 0 Å². The molecule has 0 radical (unpaired) electrons. The van der Waals surface area contributed by atoms with Gasteiger partial charge in [0.25, 0.3) is 0 Å². The summed E-state index contributed by atoms with van der Waals surface area (Å²) in [6, 6.07) is 7.63. The van der Waals surface area contributed by atoms with Crippen LogP contribution in [0.2, 0.25) is 0 Å². The van der Waals surface area contributed by atoms with E-state index in [-0.39, 0.29) is 23.8 Å². The first-order valence-corrected chi connectivity index (χ1v) is 10.8. The highest BCUT2D eigenvalue weighted by atomic mass is 32.2. The van der Waals surface area contributed by atoms with E-state index < -0.39 is 15.8 Å². The van der Waals surface area contributed by atoms with Crippen LogP contribution in [0.3, 0.4) is 0 Å². The zero-order valence-electron chi connectivity index (χ0n) is 17.0. The molecule has 0 aromatic heterocycles. The van der Waals surface area contributed by atoms with E-state index in [1.54, 1.807) is 36.3 Å². The molecule has 1 aliphatic heterocycles. The van der Waals surface area contributed by atoms with Gasteiger partial charge in [0, 0.05) is 31.7 Å². The Morgan fingerprint density at radius 1 is 1.03 bits per heavy atom. The SMILES string of the molecule is COc1c(C)cc(S(=O)(=O)N2CCN(c3ccc(C(C)=O)cc3F)CC2)cc1C. The summed E-state index contributed by atoms with van der Waals surface area (Å²) in [4.78, 5) is 13.4. The number of benzene rings is 2. The van der Waals surface area contributed by atoms with Gasteiger partial charge in [-0.1, -0.05) is 0 Å². The van der Waals surface area contributed by atoms with E-state index in [4.69, 9.17) is 4.74 Å². The molecule has 1 saturated heterocycles. The lowest BCUT2D eigenvalue weighted by atomic mass is 10.1.